The second kappa shape index (κ2) is 8.23. The van der Waals surface area contributed by atoms with E-state index in [0.717, 1.165) is 56.3 Å². The van der Waals surface area contributed by atoms with Gasteiger partial charge in [0.1, 0.15) is 0 Å². The zero-order chi connectivity index (χ0) is 20.5. The zero-order valence-corrected chi connectivity index (χ0v) is 17.4. The molecule has 5 nitrogen and oxygen atoms in total. The van der Waals surface area contributed by atoms with Crippen LogP contribution in [-0.4, -0.2) is 42.4 Å². The minimum atomic E-state index is -0.131. The number of amides is 2. The molecule has 1 saturated heterocycles. The number of benzene rings is 2. The van der Waals surface area contributed by atoms with E-state index in [4.69, 9.17) is 0 Å². The summed E-state index contributed by atoms with van der Waals surface area (Å²) in [5.74, 6) is 0.00224. The van der Waals surface area contributed by atoms with E-state index in [1.807, 2.05) is 24.3 Å². The number of hydrogen-bond donors (Lipinski definition) is 1. The molecule has 0 bridgehead atoms. The van der Waals surface area contributed by atoms with Gasteiger partial charge in [0, 0.05) is 49.0 Å². The molecule has 5 heteroatoms. The number of anilines is 2. The van der Waals surface area contributed by atoms with Crippen LogP contribution in [0.25, 0.3) is 0 Å². The molecule has 0 atom stereocenters. The molecule has 0 unspecified atom stereocenters. The maximum Gasteiger partial charge on any atom is 0.255 e. The van der Waals surface area contributed by atoms with Gasteiger partial charge in [-0.25, -0.2) is 0 Å². The molecule has 30 heavy (non-hydrogen) atoms. The summed E-state index contributed by atoms with van der Waals surface area (Å²) in [7, 11) is 0. The van der Waals surface area contributed by atoms with Gasteiger partial charge < -0.3 is 10.2 Å². The normalized spacial score (nSPS) is 19.9. The lowest BCUT2D eigenvalue weighted by Gasteiger charge is -2.36. The largest absolute Gasteiger partial charge is 0.322 e. The Bertz CT molecular complexity index is 967. The fourth-order valence-corrected chi connectivity index (χ4v) is 4.88. The van der Waals surface area contributed by atoms with Crippen molar-refractivity contribution < 1.29 is 9.59 Å². The lowest BCUT2D eigenvalue weighted by Crippen LogP contribution is -2.41. The Morgan fingerprint density at radius 3 is 2.47 bits per heavy atom. The van der Waals surface area contributed by atoms with Gasteiger partial charge in [0.15, 0.2) is 0 Å². The van der Waals surface area contributed by atoms with E-state index in [2.05, 4.69) is 22.3 Å². The number of fused-ring (bicyclic) bond motifs is 1. The van der Waals surface area contributed by atoms with Crippen molar-refractivity contribution in [2.24, 2.45) is 0 Å². The van der Waals surface area contributed by atoms with Crippen molar-refractivity contribution in [3.05, 3.63) is 59.2 Å². The maximum atomic E-state index is 12.9. The molecule has 2 aromatic rings. The van der Waals surface area contributed by atoms with Crippen LogP contribution < -0.4 is 10.2 Å². The van der Waals surface area contributed by atoms with Crippen LogP contribution in [-0.2, 0) is 17.6 Å². The highest BCUT2D eigenvalue weighted by Crippen LogP contribution is 2.28. The number of carbonyl (C=O) groups is 2. The molecule has 1 N–H and O–H groups in total. The van der Waals surface area contributed by atoms with Gasteiger partial charge in [0.2, 0.25) is 5.91 Å². The van der Waals surface area contributed by atoms with Crippen LogP contribution >= 0.6 is 0 Å². The molecule has 5 rings (SSSR count). The summed E-state index contributed by atoms with van der Waals surface area (Å²) in [6.07, 6.45) is 7.66. The minimum Gasteiger partial charge on any atom is -0.322 e. The molecular weight excluding hydrogens is 374 g/mol. The highest BCUT2D eigenvalue weighted by atomic mass is 16.2. The van der Waals surface area contributed by atoms with Crippen molar-refractivity contribution in [1.82, 2.24) is 4.90 Å². The van der Waals surface area contributed by atoms with E-state index in [1.165, 1.54) is 30.4 Å². The molecule has 0 radical (unpaired) electrons. The number of carbonyl (C=O) groups excluding carboxylic acids is 2. The molecular formula is C25H29N3O2. The average Bonchev–Trinajstić information content (AvgIpc) is 3.04. The molecule has 156 valence electrons. The van der Waals surface area contributed by atoms with Gasteiger partial charge in [-0.15, -0.1) is 0 Å². The van der Waals surface area contributed by atoms with Crippen molar-refractivity contribution >= 4 is 23.2 Å². The first kappa shape index (κ1) is 19.3. The lowest BCUT2D eigenvalue weighted by molar-refractivity contribution is -0.117. The Morgan fingerprint density at radius 2 is 1.73 bits per heavy atom. The molecule has 2 amide bonds. The summed E-state index contributed by atoms with van der Waals surface area (Å²) in [6.45, 7) is 2.99. The summed E-state index contributed by atoms with van der Waals surface area (Å²) in [5.41, 5.74) is 5.00. The van der Waals surface area contributed by atoms with Gasteiger partial charge in [-0.2, -0.15) is 0 Å². The molecule has 1 aliphatic carbocycles. The topological polar surface area (TPSA) is 52.7 Å². The van der Waals surface area contributed by atoms with Crippen molar-refractivity contribution in [1.29, 1.82) is 0 Å². The van der Waals surface area contributed by atoms with Gasteiger partial charge in [0.05, 0.1) is 0 Å². The Labute approximate surface area is 178 Å². The lowest BCUT2D eigenvalue weighted by atomic mass is 9.91. The first-order chi connectivity index (χ1) is 14.7. The molecule has 0 spiro atoms. The Kier molecular flexibility index (Phi) is 5.30. The third-order valence-corrected chi connectivity index (χ3v) is 6.89. The van der Waals surface area contributed by atoms with Crippen molar-refractivity contribution in [2.45, 2.75) is 51.0 Å². The second-order valence-corrected chi connectivity index (χ2v) is 8.76. The SMILES string of the molecule is O=C(Nc1ccc2c(c1)CCN(C1CCC1)CC2)c1cccc(N2CCCC2=O)c1. The first-order valence-electron chi connectivity index (χ1n) is 11.2. The predicted octanol–water partition coefficient (Wildman–Crippen LogP) is 4.02. The van der Waals surface area contributed by atoms with Crippen LogP contribution in [0.4, 0.5) is 11.4 Å². The van der Waals surface area contributed by atoms with Gasteiger partial charge in [-0.05, 0) is 73.6 Å². The fourth-order valence-electron chi connectivity index (χ4n) is 4.88. The van der Waals surface area contributed by atoms with Crippen LogP contribution in [0.5, 0.6) is 0 Å². The average molecular weight is 404 g/mol. The van der Waals surface area contributed by atoms with E-state index >= 15 is 0 Å². The van der Waals surface area contributed by atoms with Gasteiger partial charge in [-0.3, -0.25) is 14.5 Å². The fraction of sp³-hybridized carbons (Fsp3) is 0.440. The van der Waals surface area contributed by atoms with Crippen molar-refractivity contribution in [3.63, 3.8) is 0 Å². The van der Waals surface area contributed by atoms with Gasteiger partial charge in [-0.1, -0.05) is 18.6 Å². The number of nitrogens with one attached hydrogen (secondary N) is 1. The van der Waals surface area contributed by atoms with E-state index in [0.29, 0.717) is 12.0 Å². The van der Waals surface area contributed by atoms with E-state index in [1.54, 1.807) is 11.0 Å². The van der Waals surface area contributed by atoms with E-state index in [9.17, 15) is 9.59 Å². The van der Waals surface area contributed by atoms with Crippen LogP contribution in [0.2, 0.25) is 0 Å². The second-order valence-electron chi connectivity index (χ2n) is 8.76. The minimum absolute atomic E-state index is 0.131. The smallest absolute Gasteiger partial charge is 0.255 e. The highest BCUT2D eigenvalue weighted by Gasteiger charge is 2.26. The summed E-state index contributed by atoms with van der Waals surface area (Å²) in [6, 6.07) is 14.5. The van der Waals surface area contributed by atoms with Crippen molar-refractivity contribution in [3.8, 4) is 0 Å². The Balaban J connectivity index is 1.28. The third-order valence-electron chi connectivity index (χ3n) is 6.89. The molecule has 1 saturated carbocycles. The summed E-state index contributed by atoms with van der Waals surface area (Å²) >= 11 is 0. The number of nitrogens with zero attached hydrogens (tertiary/aromatic N) is 2. The molecule has 2 fully saturated rings. The van der Waals surface area contributed by atoms with E-state index in [-0.39, 0.29) is 11.8 Å². The van der Waals surface area contributed by atoms with Crippen LogP contribution in [0.15, 0.2) is 42.5 Å². The molecule has 2 aliphatic heterocycles. The molecule has 0 aromatic heterocycles. The molecule has 3 aliphatic rings. The van der Waals surface area contributed by atoms with Gasteiger partial charge >= 0.3 is 0 Å². The van der Waals surface area contributed by atoms with Crippen LogP contribution in [0.1, 0.15) is 53.6 Å². The maximum absolute atomic E-state index is 12.9. The Morgan fingerprint density at radius 1 is 0.900 bits per heavy atom. The predicted molar refractivity (Wildman–Crippen MR) is 119 cm³/mol. The van der Waals surface area contributed by atoms with Crippen LogP contribution in [0.3, 0.4) is 0 Å². The Hall–Kier alpha value is -2.66. The summed E-state index contributed by atoms with van der Waals surface area (Å²) in [5, 5.41) is 3.06. The standard InChI is InChI=1S/C25H29N3O2/c29-24-8-3-13-28(24)23-7-1-4-20(17-23)25(30)26-21-10-9-18-11-14-27(22-5-2-6-22)15-12-19(18)16-21/h1,4,7,9-10,16-17,22H,2-3,5-6,8,11-15H2,(H,26,30). The number of rotatable bonds is 4. The van der Waals surface area contributed by atoms with Gasteiger partial charge in [0.25, 0.3) is 5.91 Å². The zero-order valence-electron chi connectivity index (χ0n) is 17.4. The molecule has 2 heterocycles. The third kappa shape index (κ3) is 3.86. The van der Waals surface area contributed by atoms with Crippen LogP contribution in [0, 0.1) is 0 Å². The van der Waals surface area contributed by atoms with Crippen molar-refractivity contribution in [2.75, 3.05) is 29.9 Å². The summed E-state index contributed by atoms with van der Waals surface area (Å²) < 4.78 is 0. The summed E-state index contributed by atoms with van der Waals surface area (Å²) in [4.78, 5) is 29.3. The first-order valence-corrected chi connectivity index (χ1v) is 11.2. The highest BCUT2D eigenvalue weighted by molar-refractivity contribution is 6.05. The molecule has 2 aromatic carbocycles. The number of hydrogen-bond acceptors (Lipinski definition) is 3. The van der Waals surface area contributed by atoms with E-state index < -0.39 is 0 Å². The monoisotopic (exact) mass is 403 g/mol. The quantitative estimate of drug-likeness (QED) is 0.839.